The minimum absolute atomic E-state index is 0.435. The Bertz CT molecular complexity index is 456. The Labute approximate surface area is 114 Å². The van der Waals surface area contributed by atoms with Gasteiger partial charge < -0.3 is 15.0 Å². The van der Waals surface area contributed by atoms with Gasteiger partial charge in [0.15, 0.2) is 0 Å². The highest BCUT2D eigenvalue weighted by atomic mass is 16.4. The zero-order chi connectivity index (χ0) is 13.9. The second kappa shape index (κ2) is 5.74. The molecule has 1 unspecified atom stereocenters. The van der Waals surface area contributed by atoms with Gasteiger partial charge >= 0.3 is 5.97 Å². The molecule has 5 nitrogen and oxygen atoms in total. The predicted molar refractivity (Wildman–Crippen MR) is 73.2 cm³/mol. The van der Waals surface area contributed by atoms with Crippen molar-refractivity contribution in [3.63, 3.8) is 0 Å². The van der Waals surface area contributed by atoms with Crippen LogP contribution in [-0.2, 0) is 24.2 Å². The molecule has 19 heavy (non-hydrogen) atoms. The zero-order valence-corrected chi connectivity index (χ0v) is 11.8. The highest BCUT2D eigenvalue weighted by molar-refractivity contribution is 5.78. The largest absolute Gasteiger partial charge is 0.480 e. The van der Waals surface area contributed by atoms with Gasteiger partial charge in [-0.2, -0.15) is 0 Å². The van der Waals surface area contributed by atoms with Crippen LogP contribution in [0.25, 0.3) is 0 Å². The molecule has 0 saturated heterocycles. The number of nitrogens with zero attached hydrogens (tertiary/aromatic N) is 2. The molecule has 0 radical (unpaired) electrons. The van der Waals surface area contributed by atoms with E-state index in [9.17, 15) is 9.90 Å². The fourth-order valence-corrected chi connectivity index (χ4v) is 2.61. The van der Waals surface area contributed by atoms with Gasteiger partial charge in [-0.05, 0) is 45.6 Å². The maximum Gasteiger partial charge on any atom is 0.325 e. The molecule has 106 valence electrons. The van der Waals surface area contributed by atoms with Crippen molar-refractivity contribution in [3.8, 4) is 0 Å². The molecule has 0 aromatic carbocycles. The second-order valence-corrected chi connectivity index (χ2v) is 5.54. The molecule has 0 amide bonds. The number of nitrogens with one attached hydrogen (secondary N) is 1. The monoisotopic (exact) mass is 265 g/mol. The van der Waals surface area contributed by atoms with Crippen LogP contribution in [0.4, 0.5) is 0 Å². The molecule has 0 aliphatic heterocycles. The van der Waals surface area contributed by atoms with Gasteiger partial charge in [0, 0.05) is 5.69 Å². The van der Waals surface area contributed by atoms with Crippen molar-refractivity contribution >= 4 is 5.97 Å². The van der Waals surface area contributed by atoms with Crippen molar-refractivity contribution in [2.24, 2.45) is 0 Å². The van der Waals surface area contributed by atoms with Crippen molar-refractivity contribution in [3.05, 3.63) is 17.7 Å². The predicted octanol–water partition coefficient (Wildman–Crippen LogP) is 1.60. The molecule has 1 aromatic heterocycles. The van der Waals surface area contributed by atoms with E-state index in [0.29, 0.717) is 13.1 Å². The Hall–Kier alpha value is -1.36. The minimum atomic E-state index is -0.929. The van der Waals surface area contributed by atoms with Gasteiger partial charge in [0.1, 0.15) is 5.54 Å². The average molecular weight is 265 g/mol. The second-order valence-electron chi connectivity index (χ2n) is 5.54. The van der Waals surface area contributed by atoms with E-state index in [1.165, 1.54) is 18.5 Å². The summed E-state index contributed by atoms with van der Waals surface area (Å²) >= 11 is 0. The molecule has 1 atom stereocenters. The van der Waals surface area contributed by atoms with E-state index in [4.69, 9.17) is 0 Å². The van der Waals surface area contributed by atoms with Gasteiger partial charge in [-0.3, -0.25) is 4.79 Å². The third kappa shape index (κ3) is 2.97. The lowest BCUT2D eigenvalue weighted by Gasteiger charge is -2.28. The van der Waals surface area contributed by atoms with E-state index < -0.39 is 11.5 Å². The number of carboxylic acids is 1. The number of rotatable bonds is 6. The fourth-order valence-electron chi connectivity index (χ4n) is 2.61. The first-order valence-corrected chi connectivity index (χ1v) is 7.08. The van der Waals surface area contributed by atoms with Crippen molar-refractivity contribution in [1.29, 1.82) is 0 Å². The van der Waals surface area contributed by atoms with Gasteiger partial charge in [-0.15, -0.1) is 0 Å². The van der Waals surface area contributed by atoms with E-state index in [0.717, 1.165) is 25.0 Å². The SMILES string of the molecule is CCCNC(C)(Cn1cnc2c1CCCC2)C(=O)O. The Kier molecular flexibility index (Phi) is 4.24. The number of hydrogen-bond acceptors (Lipinski definition) is 3. The lowest BCUT2D eigenvalue weighted by molar-refractivity contribution is -0.144. The smallest absolute Gasteiger partial charge is 0.325 e. The highest BCUT2D eigenvalue weighted by Gasteiger charge is 2.33. The summed E-state index contributed by atoms with van der Waals surface area (Å²) in [4.78, 5) is 15.9. The summed E-state index contributed by atoms with van der Waals surface area (Å²) in [5.74, 6) is -0.806. The van der Waals surface area contributed by atoms with E-state index in [1.54, 1.807) is 13.3 Å². The summed E-state index contributed by atoms with van der Waals surface area (Å²) in [5.41, 5.74) is 1.44. The molecule has 1 aliphatic rings. The number of imidazole rings is 1. The van der Waals surface area contributed by atoms with Gasteiger partial charge in [0.2, 0.25) is 0 Å². The lowest BCUT2D eigenvalue weighted by atomic mass is 9.99. The molecule has 1 aromatic rings. The van der Waals surface area contributed by atoms with Gasteiger partial charge in [-0.1, -0.05) is 6.92 Å². The van der Waals surface area contributed by atoms with Crippen molar-refractivity contribution in [1.82, 2.24) is 14.9 Å². The van der Waals surface area contributed by atoms with Crippen molar-refractivity contribution in [2.75, 3.05) is 6.54 Å². The van der Waals surface area contributed by atoms with Gasteiger partial charge in [0.05, 0.1) is 18.6 Å². The average Bonchev–Trinajstić information content (AvgIpc) is 2.80. The van der Waals surface area contributed by atoms with E-state index in [1.807, 2.05) is 11.5 Å². The topological polar surface area (TPSA) is 67.2 Å². The van der Waals surface area contributed by atoms with Crippen LogP contribution in [0.3, 0.4) is 0 Å². The fraction of sp³-hybridized carbons (Fsp3) is 0.714. The molecule has 1 heterocycles. The van der Waals surface area contributed by atoms with Crippen LogP contribution in [-0.4, -0.2) is 32.7 Å². The van der Waals surface area contributed by atoms with Crippen molar-refractivity contribution < 1.29 is 9.90 Å². The van der Waals surface area contributed by atoms with Crippen LogP contribution < -0.4 is 5.32 Å². The van der Waals surface area contributed by atoms with E-state index >= 15 is 0 Å². The molecular weight excluding hydrogens is 242 g/mol. The number of carboxylic acid groups (broad SMARTS) is 1. The van der Waals surface area contributed by atoms with Crippen LogP contribution in [0.15, 0.2) is 6.33 Å². The Balaban J connectivity index is 2.17. The standard InChI is InChI=1S/C14H23N3O2/c1-3-8-16-14(2,13(18)19)9-17-10-15-11-6-4-5-7-12(11)17/h10,16H,3-9H2,1-2H3,(H,18,19). The maximum absolute atomic E-state index is 11.5. The Morgan fingerprint density at radius 2 is 2.26 bits per heavy atom. The first-order chi connectivity index (χ1) is 9.07. The molecule has 2 N–H and O–H groups in total. The zero-order valence-electron chi connectivity index (χ0n) is 11.8. The third-order valence-corrected chi connectivity index (χ3v) is 3.83. The van der Waals surface area contributed by atoms with E-state index in [2.05, 4.69) is 10.3 Å². The van der Waals surface area contributed by atoms with Crippen LogP contribution in [0.1, 0.15) is 44.5 Å². The summed E-state index contributed by atoms with van der Waals surface area (Å²) in [6.45, 7) is 4.93. The minimum Gasteiger partial charge on any atom is -0.480 e. The number of aryl methyl sites for hydroxylation is 1. The van der Waals surface area contributed by atoms with Crippen molar-refractivity contribution in [2.45, 2.75) is 58.0 Å². The lowest BCUT2D eigenvalue weighted by Crippen LogP contribution is -2.53. The molecule has 5 heteroatoms. The molecular formula is C14H23N3O2. The first-order valence-electron chi connectivity index (χ1n) is 7.08. The summed E-state index contributed by atoms with van der Waals surface area (Å²) < 4.78 is 2.02. The molecule has 2 rings (SSSR count). The van der Waals surface area contributed by atoms with Gasteiger partial charge in [-0.25, -0.2) is 4.98 Å². The van der Waals surface area contributed by atoms with Crippen LogP contribution in [0, 0.1) is 0 Å². The van der Waals surface area contributed by atoms with E-state index in [-0.39, 0.29) is 0 Å². The van der Waals surface area contributed by atoms with Crippen LogP contribution >= 0.6 is 0 Å². The summed E-state index contributed by atoms with van der Waals surface area (Å²) in [6.07, 6.45) is 7.11. The molecule has 0 saturated carbocycles. The van der Waals surface area contributed by atoms with Crippen LogP contribution in [0.2, 0.25) is 0 Å². The summed E-state index contributed by atoms with van der Waals surface area (Å²) in [7, 11) is 0. The number of fused-ring (bicyclic) bond motifs is 1. The molecule has 1 aliphatic carbocycles. The number of aromatic nitrogens is 2. The molecule has 0 bridgehead atoms. The van der Waals surface area contributed by atoms with Crippen LogP contribution in [0.5, 0.6) is 0 Å². The van der Waals surface area contributed by atoms with Gasteiger partial charge in [0.25, 0.3) is 0 Å². The number of carbonyl (C=O) groups is 1. The number of hydrogen-bond donors (Lipinski definition) is 2. The quantitative estimate of drug-likeness (QED) is 0.820. The Morgan fingerprint density at radius 3 is 2.95 bits per heavy atom. The highest BCUT2D eigenvalue weighted by Crippen LogP contribution is 2.21. The Morgan fingerprint density at radius 1 is 1.53 bits per heavy atom. The summed E-state index contributed by atoms with van der Waals surface area (Å²) in [5, 5.41) is 12.6. The first kappa shape index (κ1) is 14.1. The maximum atomic E-state index is 11.5. The normalized spacial score (nSPS) is 17.8. The number of aliphatic carboxylic acids is 1. The summed E-state index contributed by atoms with van der Waals surface area (Å²) in [6, 6.07) is 0. The molecule has 0 fully saturated rings. The third-order valence-electron chi connectivity index (χ3n) is 3.83. The molecule has 0 spiro atoms.